The Kier molecular flexibility index (Phi) is 8.85. The highest BCUT2D eigenvalue weighted by molar-refractivity contribution is 5.93. The Morgan fingerprint density at radius 2 is 1.55 bits per heavy atom. The van der Waals surface area contributed by atoms with Crippen LogP contribution in [0.1, 0.15) is 36.1 Å². The Balaban J connectivity index is 1.52. The lowest BCUT2D eigenvalue weighted by Crippen LogP contribution is -2.46. The van der Waals surface area contributed by atoms with Gasteiger partial charge in [-0.2, -0.15) is 0 Å². The fraction of sp³-hybridized carbons (Fsp3) is 0.312. The van der Waals surface area contributed by atoms with Crippen molar-refractivity contribution in [3.05, 3.63) is 101 Å². The number of hydrogen-bond acceptors (Lipinski definition) is 2. The second-order valence-electron chi connectivity index (χ2n) is 10.4. The smallest absolute Gasteiger partial charge is 0.322 e. The van der Waals surface area contributed by atoms with Gasteiger partial charge in [-0.3, -0.25) is 4.79 Å². The van der Waals surface area contributed by atoms with Crippen LogP contribution in [-0.4, -0.2) is 46.4 Å². The molecule has 0 saturated carbocycles. The molecule has 3 aromatic carbocycles. The SMILES string of the molecule is Cc1cccc(C)c1NC(=O)N(CC(=O)N(CCc1c[nH]c2ccccc12)Cc1ccccc1)CC(C)C. The molecule has 6 heteroatoms. The van der Waals surface area contributed by atoms with Gasteiger partial charge in [-0.25, -0.2) is 4.79 Å². The van der Waals surface area contributed by atoms with Gasteiger partial charge >= 0.3 is 6.03 Å². The number of aromatic amines is 1. The van der Waals surface area contributed by atoms with E-state index in [0.29, 0.717) is 19.6 Å². The monoisotopic (exact) mass is 510 g/mol. The molecule has 198 valence electrons. The van der Waals surface area contributed by atoms with Crippen LogP contribution in [0, 0.1) is 19.8 Å². The van der Waals surface area contributed by atoms with Crippen LogP contribution in [-0.2, 0) is 17.8 Å². The van der Waals surface area contributed by atoms with E-state index in [2.05, 4.69) is 36.3 Å². The second-order valence-corrected chi connectivity index (χ2v) is 10.4. The first-order valence-electron chi connectivity index (χ1n) is 13.3. The molecule has 0 aliphatic carbocycles. The highest BCUT2D eigenvalue weighted by atomic mass is 16.2. The molecular weight excluding hydrogens is 472 g/mol. The van der Waals surface area contributed by atoms with E-state index < -0.39 is 0 Å². The van der Waals surface area contributed by atoms with Crippen molar-refractivity contribution >= 4 is 28.5 Å². The van der Waals surface area contributed by atoms with Gasteiger partial charge in [0, 0.05) is 42.4 Å². The van der Waals surface area contributed by atoms with E-state index in [4.69, 9.17) is 0 Å². The molecule has 0 atom stereocenters. The predicted molar refractivity (Wildman–Crippen MR) is 155 cm³/mol. The van der Waals surface area contributed by atoms with Crippen molar-refractivity contribution < 1.29 is 9.59 Å². The van der Waals surface area contributed by atoms with Crippen LogP contribution in [0.5, 0.6) is 0 Å². The number of carbonyl (C=O) groups is 2. The van der Waals surface area contributed by atoms with Crippen molar-refractivity contribution in [3.8, 4) is 0 Å². The molecule has 0 radical (unpaired) electrons. The van der Waals surface area contributed by atoms with Gasteiger partial charge in [0.25, 0.3) is 0 Å². The average Bonchev–Trinajstić information content (AvgIpc) is 3.31. The third-order valence-electron chi connectivity index (χ3n) is 6.81. The zero-order valence-electron chi connectivity index (χ0n) is 22.8. The molecule has 2 N–H and O–H groups in total. The molecule has 3 amide bonds. The number of aromatic nitrogens is 1. The number of benzene rings is 3. The van der Waals surface area contributed by atoms with Crippen molar-refractivity contribution in [2.45, 2.75) is 40.7 Å². The molecule has 0 fully saturated rings. The van der Waals surface area contributed by atoms with E-state index in [1.54, 1.807) is 4.90 Å². The van der Waals surface area contributed by atoms with Crippen LogP contribution in [0.3, 0.4) is 0 Å². The van der Waals surface area contributed by atoms with E-state index in [0.717, 1.165) is 34.3 Å². The molecule has 4 rings (SSSR count). The summed E-state index contributed by atoms with van der Waals surface area (Å²) in [6, 6.07) is 23.9. The molecule has 0 aliphatic rings. The molecule has 0 unspecified atom stereocenters. The minimum Gasteiger partial charge on any atom is -0.361 e. The van der Waals surface area contributed by atoms with Crippen molar-refractivity contribution in [2.24, 2.45) is 5.92 Å². The number of H-pyrrole nitrogens is 1. The number of amides is 3. The lowest BCUT2D eigenvalue weighted by molar-refractivity contribution is -0.132. The molecule has 0 saturated heterocycles. The van der Waals surface area contributed by atoms with Crippen molar-refractivity contribution in [1.82, 2.24) is 14.8 Å². The lowest BCUT2D eigenvalue weighted by Gasteiger charge is -2.29. The largest absolute Gasteiger partial charge is 0.361 e. The summed E-state index contributed by atoms with van der Waals surface area (Å²) in [7, 11) is 0. The van der Waals surface area contributed by atoms with Gasteiger partial charge in [0.05, 0.1) is 0 Å². The molecule has 0 aliphatic heterocycles. The Hall–Kier alpha value is -4.06. The maximum atomic E-state index is 13.7. The Bertz CT molecular complexity index is 1360. The quantitative estimate of drug-likeness (QED) is 0.254. The van der Waals surface area contributed by atoms with E-state index in [-0.39, 0.29) is 24.4 Å². The molecule has 38 heavy (non-hydrogen) atoms. The molecule has 4 aromatic rings. The van der Waals surface area contributed by atoms with Gasteiger partial charge < -0.3 is 20.1 Å². The normalized spacial score (nSPS) is 11.1. The van der Waals surface area contributed by atoms with E-state index in [1.807, 2.05) is 85.6 Å². The number of rotatable bonds is 10. The molecule has 0 spiro atoms. The van der Waals surface area contributed by atoms with Crippen molar-refractivity contribution in [2.75, 3.05) is 25.0 Å². The zero-order valence-corrected chi connectivity index (χ0v) is 22.8. The molecule has 1 heterocycles. The molecule has 0 bridgehead atoms. The standard InChI is InChI=1S/C32H38N4O2/c1-23(2)20-36(32(38)34-31-24(3)11-10-12-25(31)4)22-30(37)35(21-26-13-6-5-7-14-26)18-17-27-19-33-29-16-9-8-15-28(27)29/h5-16,19,23,33H,17-18,20-22H2,1-4H3,(H,34,38). The summed E-state index contributed by atoms with van der Waals surface area (Å²) in [4.78, 5) is 34.0. The summed E-state index contributed by atoms with van der Waals surface area (Å²) < 4.78 is 0. The summed E-state index contributed by atoms with van der Waals surface area (Å²) >= 11 is 0. The van der Waals surface area contributed by atoms with Crippen LogP contribution in [0.25, 0.3) is 10.9 Å². The van der Waals surface area contributed by atoms with E-state index >= 15 is 0 Å². The fourth-order valence-electron chi connectivity index (χ4n) is 4.81. The fourth-order valence-corrected chi connectivity index (χ4v) is 4.81. The Morgan fingerprint density at radius 3 is 2.26 bits per heavy atom. The molecule has 6 nitrogen and oxygen atoms in total. The highest BCUT2D eigenvalue weighted by Crippen LogP contribution is 2.21. The Morgan fingerprint density at radius 1 is 0.868 bits per heavy atom. The van der Waals surface area contributed by atoms with Gasteiger partial charge in [-0.15, -0.1) is 0 Å². The first-order valence-corrected chi connectivity index (χ1v) is 13.3. The topological polar surface area (TPSA) is 68.4 Å². The van der Waals surface area contributed by atoms with Crippen LogP contribution >= 0.6 is 0 Å². The average molecular weight is 511 g/mol. The van der Waals surface area contributed by atoms with Gasteiger partial charge in [0.1, 0.15) is 6.54 Å². The third kappa shape index (κ3) is 6.82. The number of hydrogen-bond donors (Lipinski definition) is 2. The minimum atomic E-state index is -0.249. The second kappa shape index (κ2) is 12.5. The maximum absolute atomic E-state index is 13.7. The van der Waals surface area contributed by atoms with Gasteiger partial charge in [-0.05, 0) is 54.5 Å². The predicted octanol–water partition coefficient (Wildman–Crippen LogP) is 6.55. The van der Waals surface area contributed by atoms with Gasteiger partial charge in [0.15, 0.2) is 0 Å². The first kappa shape index (κ1) is 27.0. The Labute approximate surface area is 225 Å². The summed E-state index contributed by atoms with van der Waals surface area (Å²) in [5.41, 5.74) is 6.14. The van der Waals surface area contributed by atoms with E-state index in [9.17, 15) is 9.59 Å². The number of nitrogens with one attached hydrogen (secondary N) is 2. The number of anilines is 1. The van der Waals surface area contributed by atoms with Crippen LogP contribution < -0.4 is 5.32 Å². The summed E-state index contributed by atoms with van der Waals surface area (Å²) in [6.45, 7) is 9.64. The van der Waals surface area contributed by atoms with Crippen LogP contribution in [0.4, 0.5) is 10.5 Å². The first-order chi connectivity index (χ1) is 18.3. The zero-order chi connectivity index (χ0) is 27.1. The minimum absolute atomic E-state index is 0.0235. The number of nitrogens with zero attached hydrogens (tertiary/aromatic N) is 2. The van der Waals surface area contributed by atoms with Crippen LogP contribution in [0.15, 0.2) is 79.0 Å². The molecule has 1 aromatic heterocycles. The summed E-state index contributed by atoms with van der Waals surface area (Å²) in [5, 5.41) is 4.24. The number of fused-ring (bicyclic) bond motifs is 1. The molecular formula is C32H38N4O2. The summed E-state index contributed by atoms with van der Waals surface area (Å²) in [5.74, 6) is 0.159. The van der Waals surface area contributed by atoms with Gasteiger partial charge in [-0.1, -0.05) is 80.6 Å². The van der Waals surface area contributed by atoms with Crippen LogP contribution in [0.2, 0.25) is 0 Å². The van der Waals surface area contributed by atoms with Gasteiger partial charge in [0.2, 0.25) is 5.91 Å². The third-order valence-corrected chi connectivity index (χ3v) is 6.81. The maximum Gasteiger partial charge on any atom is 0.322 e. The summed E-state index contributed by atoms with van der Waals surface area (Å²) in [6.07, 6.45) is 2.75. The number of carbonyl (C=O) groups excluding carboxylic acids is 2. The van der Waals surface area contributed by atoms with E-state index in [1.165, 1.54) is 10.9 Å². The number of aryl methyl sites for hydroxylation is 2. The number of urea groups is 1. The number of para-hydroxylation sites is 2. The highest BCUT2D eigenvalue weighted by Gasteiger charge is 2.23. The lowest BCUT2D eigenvalue weighted by atomic mass is 10.1. The van der Waals surface area contributed by atoms with Crippen molar-refractivity contribution in [3.63, 3.8) is 0 Å². The van der Waals surface area contributed by atoms with Crippen molar-refractivity contribution in [1.29, 1.82) is 0 Å².